The van der Waals surface area contributed by atoms with Crippen molar-refractivity contribution in [3.63, 3.8) is 0 Å². The van der Waals surface area contributed by atoms with Crippen LogP contribution in [-0.4, -0.2) is 63.1 Å². The Balaban J connectivity index is 0.000000110. The second-order valence-corrected chi connectivity index (χ2v) is 38.7. The monoisotopic (exact) mass is 1930 g/mol. The highest BCUT2D eigenvalue weighted by Gasteiger charge is 2.32. The van der Waals surface area contributed by atoms with Gasteiger partial charge in [0, 0.05) is 123 Å². The van der Waals surface area contributed by atoms with Crippen molar-refractivity contribution in [2.75, 3.05) is 0 Å². The largest absolute Gasteiger partial charge is 0.309 e. The second-order valence-electron chi connectivity index (χ2n) is 36.6. The standard InChI is InChI=1S/C49H33N5.C45H28N4S.C39H24N4S/c1-6-20-34(21-7-1)45-43(39-30-16-18-32-41(39)53(45)38-28-14-5-15-29-38)44-40-31-17-19-33-42(40)54(46(44)35-22-8-2-9-23-35)49-51-47(36-24-10-3-11-25-36)50-48(52-49)37-26-12-4-13-27-37;1-3-12-29(13-4-1)30-22-24-32(25-23-30)44-46-43(31-14-5-2-6-15-31)47-45(48-44)49-39-20-9-7-16-35(39)36-27-26-33(28-40(36)49)34-18-11-19-38-37-17-8-10-21-41(37)50-42(34)38;1-3-12-25(13-4-1)37-40-38(26-14-5-2-6-15-26)42-39(41-37)43-33-20-9-7-16-29(33)30-23-22-27(24-34(30)43)28-18-11-19-32-31-17-8-10-21-35(31)44-36(28)32/h1-33H;1-28H;1-24H. The quantitative estimate of drug-likeness (QED) is 0.0926. The van der Waals surface area contributed by atoms with Gasteiger partial charge in [-0.2, -0.15) is 29.9 Å². The summed E-state index contributed by atoms with van der Waals surface area (Å²) in [4.78, 5) is 46.1. The normalized spacial score (nSPS) is 11.5. The van der Waals surface area contributed by atoms with Gasteiger partial charge in [0.05, 0.1) is 44.5 Å². The van der Waals surface area contributed by atoms with E-state index in [1.54, 1.807) is 0 Å². The predicted molar refractivity (Wildman–Crippen MR) is 613 cm³/mol. The minimum atomic E-state index is 0.553. The van der Waals surface area contributed by atoms with Crippen molar-refractivity contribution in [2.45, 2.75) is 0 Å². The maximum atomic E-state index is 5.27. The minimum Gasteiger partial charge on any atom is -0.309 e. The van der Waals surface area contributed by atoms with E-state index in [2.05, 4.69) is 413 Å². The first-order chi connectivity index (χ1) is 73.4. The molecule has 0 aliphatic rings. The summed E-state index contributed by atoms with van der Waals surface area (Å²) in [5.74, 6) is 5.52. The number of hydrogen-bond acceptors (Lipinski definition) is 11. The van der Waals surface area contributed by atoms with Gasteiger partial charge >= 0.3 is 0 Å². The molecule has 0 radical (unpaired) electrons. The summed E-state index contributed by atoms with van der Waals surface area (Å²) in [6, 6.07) is 180. The van der Waals surface area contributed by atoms with Crippen LogP contribution in [0.2, 0.25) is 0 Å². The minimum absolute atomic E-state index is 0.553. The molecule has 15 heteroatoms. The van der Waals surface area contributed by atoms with E-state index in [-0.39, 0.29) is 0 Å². The number of rotatable bonds is 16. The lowest BCUT2D eigenvalue weighted by Crippen LogP contribution is -2.08. The van der Waals surface area contributed by atoms with Crippen LogP contribution in [0.25, 0.3) is 265 Å². The predicted octanol–water partition coefficient (Wildman–Crippen LogP) is 34.4. The highest BCUT2D eigenvalue weighted by atomic mass is 32.1. The Morgan fingerprint density at radius 1 is 0.149 bits per heavy atom. The molecular formula is C133H85N13S2. The van der Waals surface area contributed by atoms with Crippen molar-refractivity contribution in [1.29, 1.82) is 0 Å². The van der Waals surface area contributed by atoms with Gasteiger partial charge in [-0.15, -0.1) is 22.7 Å². The van der Waals surface area contributed by atoms with E-state index in [1.807, 2.05) is 144 Å². The maximum absolute atomic E-state index is 5.27. The molecule has 0 aliphatic heterocycles. The lowest BCUT2D eigenvalue weighted by molar-refractivity contribution is 0.938. The molecule has 9 aromatic heterocycles. The molecule has 0 atom stereocenters. The van der Waals surface area contributed by atoms with Crippen LogP contribution in [0.3, 0.4) is 0 Å². The fraction of sp³-hybridized carbons (Fsp3) is 0. The molecule has 694 valence electrons. The van der Waals surface area contributed by atoms with Crippen molar-refractivity contribution < 1.29 is 0 Å². The van der Waals surface area contributed by atoms with Crippen molar-refractivity contribution in [2.24, 2.45) is 0 Å². The first-order valence-electron chi connectivity index (χ1n) is 49.5. The number of para-hydroxylation sites is 5. The van der Waals surface area contributed by atoms with E-state index in [9.17, 15) is 0 Å². The average Bonchev–Trinajstić information content (AvgIpc) is 1.54. The Kier molecular flexibility index (Phi) is 22.3. The molecule has 13 nitrogen and oxygen atoms in total. The van der Waals surface area contributed by atoms with Crippen molar-refractivity contribution in [1.82, 2.24) is 63.1 Å². The molecule has 9 heterocycles. The highest BCUT2D eigenvalue weighted by molar-refractivity contribution is 7.26. The third kappa shape index (κ3) is 15.9. The van der Waals surface area contributed by atoms with E-state index >= 15 is 0 Å². The Labute approximate surface area is 859 Å². The Hall–Kier alpha value is -19.5. The SMILES string of the molecule is c1ccc(-c2ccc(-c3nc(-c4ccccc4)nc(-n4c5ccccc5c5ccc(-c6cccc7c6sc6ccccc67)cc54)n3)cc2)cc1.c1ccc(-c2nc(-c3ccccc3)nc(-n3c(-c4ccccc4)c(-c4c(-c5ccccc5)n(-c5ccccc5)c5ccccc45)c4ccccc43)n2)cc1.c1ccc(-c2nc(-c3ccccc3)nc(-n3c4ccccc4c4ccc(-c5cccc6c5sc5ccccc56)cc43)n2)cc1. The molecule has 20 aromatic carbocycles. The highest BCUT2D eigenvalue weighted by Crippen LogP contribution is 2.52. The van der Waals surface area contributed by atoms with Crippen molar-refractivity contribution in [3.8, 4) is 159 Å². The number of aromatic nitrogens is 13. The number of hydrogen-bond donors (Lipinski definition) is 0. The summed E-state index contributed by atoms with van der Waals surface area (Å²) >= 11 is 3.71. The van der Waals surface area contributed by atoms with Crippen LogP contribution in [0, 0.1) is 0 Å². The van der Waals surface area contributed by atoms with Crippen LogP contribution in [0.5, 0.6) is 0 Å². The van der Waals surface area contributed by atoms with E-state index in [4.69, 9.17) is 44.9 Å². The van der Waals surface area contributed by atoms with E-state index in [1.165, 1.54) is 62.6 Å². The third-order valence-corrected chi connectivity index (χ3v) is 30.2. The summed E-state index contributed by atoms with van der Waals surface area (Å²) in [6.45, 7) is 0. The Morgan fingerprint density at radius 3 is 0.757 bits per heavy atom. The van der Waals surface area contributed by atoms with Gasteiger partial charge in [0.2, 0.25) is 17.8 Å². The fourth-order valence-electron chi connectivity index (χ4n) is 21.0. The van der Waals surface area contributed by atoms with Crippen LogP contribution in [0.4, 0.5) is 0 Å². The van der Waals surface area contributed by atoms with E-state index in [0.29, 0.717) is 52.8 Å². The average molecular weight is 1930 g/mol. The number of benzene rings is 20. The summed E-state index contributed by atoms with van der Waals surface area (Å²) < 4.78 is 14.2. The molecule has 29 rings (SSSR count). The van der Waals surface area contributed by atoms with Gasteiger partial charge in [-0.25, -0.2) is 15.0 Å². The van der Waals surface area contributed by atoms with Gasteiger partial charge in [0.15, 0.2) is 34.9 Å². The van der Waals surface area contributed by atoms with Crippen LogP contribution in [0.15, 0.2) is 516 Å². The summed E-state index contributed by atoms with van der Waals surface area (Å²) in [5.41, 5.74) is 26.8. The van der Waals surface area contributed by atoms with E-state index in [0.717, 1.165) is 149 Å². The molecule has 0 aliphatic carbocycles. The first kappa shape index (κ1) is 87.6. The summed E-state index contributed by atoms with van der Waals surface area (Å²) in [5, 5.41) is 12.1. The maximum Gasteiger partial charge on any atom is 0.238 e. The molecule has 0 bridgehead atoms. The van der Waals surface area contributed by atoms with Crippen LogP contribution in [-0.2, 0) is 0 Å². The zero-order valence-corrected chi connectivity index (χ0v) is 81.3. The van der Waals surface area contributed by atoms with Crippen molar-refractivity contribution >= 4 is 128 Å². The molecule has 29 aromatic rings. The topological polar surface area (TPSA) is 136 Å². The zero-order valence-electron chi connectivity index (χ0n) is 79.7. The van der Waals surface area contributed by atoms with Crippen LogP contribution in [0.1, 0.15) is 0 Å². The summed E-state index contributed by atoms with van der Waals surface area (Å²) in [6.07, 6.45) is 0. The number of thiophene rings is 2. The molecule has 0 saturated heterocycles. The molecule has 0 N–H and O–H groups in total. The van der Waals surface area contributed by atoms with Crippen LogP contribution < -0.4 is 0 Å². The molecule has 0 fully saturated rings. The van der Waals surface area contributed by atoms with Gasteiger partial charge < -0.3 is 4.57 Å². The summed E-state index contributed by atoms with van der Waals surface area (Å²) in [7, 11) is 0. The van der Waals surface area contributed by atoms with E-state index < -0.39 is 0 Å². The molecular weight excluding hydrogens is 1840 g/mol. The third-order valence-electron chi connectivity index (χ3n) is 27.8. The molecule has 0 saturated carbocycles. The number of fused-ring (bicyclic) bond motifs is 14. The van der Waals surface area contributed by atoms with Gasteiger partial charge in [-0.05, 0) is 105 Å². The second kappa shape index (κ2) is 37.8. The lowest BCUT2D eigenvalue weighted by Gasteiger charge is -2.16. The fourth-order valence-corrected chi connectivity index (χ4v) is 23.5. The zero-order chi connectivity index (χ0) is 97.9. The molecule has 0 amide bonds. The molecule has 148 heavy (non-hydrogen) atoms. The Morgan fingerprint density at radius 2 is 0.392 bits per heavy atom. The van der Waals surface area contributed by atoms with Gasteiger partial charge in [0.1, 0.15) is 0 Å². The smallest absolute Gasteiger partial charge is 0.238 e. The van der Waals surface area contributed by atoms with Gasteiger partial charge in [-0.3, -0.25) is 13.7 Å². The van der Waals surface area contributed by atoms with Crippen LogP contribution >= 0.6 is 22.7 Å². The van der Waals surface area contributed by atoms with Crippen molar-refractivity contribution in [3.05, 3.63) is 516 Å². The van der Waals surface area contributed by atoms with Gasteiger partial charge in [0.25, 0.3) is 0 Å². The number of nitrogens with zero attached hydrogens (tertiary/aromatic N) is 13. The van der Waals surface area contributed by atoms with Gasteiger partial charge in [-0.1, -0.05) is 455 Å². The Bertz CT molecular complexity index is 9960. The lowest BCUT2D eigenvalue weighted by atomic mass is 9.93. The first-order valence-corrected chi connectivity index (χ1v) is 51.1. The molecule has 0 unspecified atom stereocenters. The molecule has 0 spiro atoms.